The van der Waals surface area contributed by atoms with Gasteiger partial charge in [0.1, 0.15) is 0 Å². The Morgan fingerprint density at radius 1 is 1.00 bits per heavy atom. The molecule has 1 amide bonds. The molecule has 0 bridgehead atoms. The number of carbonyl (C=O) groups excluding carboxylic acids is 1. The van der Waals surface area contributed by atoms with Crippen molar-refractivity contribution in [3.63, 3.8) is 0 Å². The molecule has 4 nitrogen and oxygen atoms in total. The molecule has 21 heavy (non-hydrogen) atoms. The van der Waals surface area contributed by atoms with E-state index in [9.17, 15) is 14.7 Å². The van der Waals surface area contributed by atoms with Crippen molar-refractivity contribution in [2.45, 2.75) is 70.8 Å². The van der Waals surface area contributed by atoms with E-state index in [1.165, 1.54) is 19.3 Å². The summed E-state index contributed by atoms with van der Waals surface area (Å²) in [5, 5.41) is 9.35. The van der Waals surface area contributed by atoms with Crippen LogP contribution in [0.15, 0.2) is 0 Å². The van der Waals surface area contributed by atoms with E-state index in [0.29, 0.717) is 12.5 Å². The highest BCUT2D eigenvalue weighted by molar-refractivity contribution is 5.85. The van der Waals surface area contributed by atoms with Gasteiger partial charge in [-0.15, -0.1) is 0 Å². The van der Waals surface area contributed by atoms with Crippen LogP contribution in [0.5, 0.6) is 0 Å². The molecule has 0 heterocycles. The summed E-state index contributed by atoms with van der Waals surface area (Å²) in [5.74, 6) is -0.685. The molecule has 2 aliphatic carbocycles. The number of nitrogens with zero attached hydrogens (tertiary/aromatic N) is 1. The predicted molar refractivity (Wildman–Crippen MR) is 81.9 cm³/mol. The summed E-state index contributed by atoms with van der Waals surface area (Å²) in [5.41, 5.74) is 0. The van der Waals surface area contributed by atoms with Crippen LogP contribution in [0.2, 0.25) is 0 Å². The Bertz CT molecular complexity index is 374. The first-order valence-corrected chi connectivity index (χ1v) is 8.54. The van der Waals surface area contributed by atoms with Crippen LogP contribution in [0, 0.1) is 17.8 Å². The number of hydrogen-bond donors (Lipinski definition) is 1. The van der Waals surface area contributed by atoms with Gasteiger partial charge in [0, 0.05) is 13.1 Å². The van der Waals surface area contributed by atoms with Crippen molar-refractivity contribution >= 4 is 11.9 Å². The number of rotatable bonds is 4. The highest BCUT2D eigenvalue weighted by Crippen LogP contribution is 2.34. The minimum absolute atomic E-state index is 0.0713. The van der Waals surface area contributed by atoms with Gasteiger partial charge in [0.2, 0.25) is 5.91 Å². The molecule has 0 spiro atoms. The van der Waals surface area contributed by atoms with Gasteiger partial charge >= 0.3 is 5.97 Å². The Labute approximate surface area is 127 Å². The summed E-state index contributed by atoms with van der Waals surface area (Å²) in [6.45, 7) is 2.24. The number of carboxylic acids is 1. The van der Waals surface area contributed by atoms with Crippen molar-refractivity contribution in [2.75, 3.05) is 7.05 Å². The molecule has 4 heteroatoms. The van der Waals surface area contributed by atoms with E-state index in [0.717, 1.165) is 38.0 Å². The van der Waals surface area contributed by atoms with E-state index >= 15 is 0 Å². The summed E-state index contributed by atoms with van der Waals surface area (Å²) < 4.78 is 0. The van der Waals surface area contributed by atoms with E-state index in [4.69, 9.17) is 0 Å². The minimum Gasteiger partial charge on any atom is -0.481 e. The van der Waals surface area contributed by atoms with Gasteiger partial charge in [0.25, 0.3) is 0 Å². The second-order valence-corrected chi connectivity index (χ2v) is 6.87. The van der Waals surface area contributed by atoms with Gasteiger partial charge < -0.3 is 10.0 Å². The Kier molecular flexibility index (Phi) is 5.65. The van der Waals surface area contributed by atoms with Crippen LogP contribution in [0.25, 0.3) is 0 Å². The molecule has 0 aliphatic heterocycles. The maximum atomic E-state index is 12.7. The van der Waals surface area contributed by atoms with Gasteiger partial charge in [-0.05, 0) is 44.4 Å². The lowest BCUT2D eigenvalue weighted by molar-refractivity contribution is -0.153. The Morgan fingerprint density at radius 3 is 2.10 bits per heavy atom. The molecule has 0 aromatic carbocycles. The fourth-order valence-corrected chi connectivity index (χ4v) is 4.10. The van der Waals surface area contributed by atoms with E-state index in [1.54, 1.807) is 0 Å². The molecule has 0 saturated heterocycles. The van der Waals surface area contributed by atoms with Gasteiger partial charge in [0.15, 0.2) is 0 Å². The van der Waals surface area contributed by atoms with Crippen LogP contribution in [-0.4, -0.2) is 35.0 Å². The summed E-state index contributed by atoms with van der Waals surface area (Å²) >= 11 is 0. The van der Waals surface area contributed by atoms with Crippen molar-refractivity contribution in [1.82, 2.24) is 4.90 Å². The average Bonchev–Trinajstić information content (AvgIpc) is 2.53. The van der Waals surface area contributed by atoms with Gasteiger partial charge in [-0.2, -0.15) is 0 Å². The first kappa shape index (κ1) is 16.3. The molecule has 120 valence electrons. The van der Waals surface area contributed by atoms with Gasteiger partial charge in [-0.25, -0.2) is 0 Å². The van der Waals surface area contributed by atoms with E-state index in [-0.39, 0.29) is 11.8 Å². The third-order valence-electron chi connectivity index (χ3n) is 5.69. The van der Waals surface area contributed by atoms with Crippen LogP contribution in [-0.2, 0) is 9.59 Å². The summed E-state index contributed by atoms with van der Waals surface area (Å²) in [6.07, 6.45) is 9.09. The number of amides is 1. The number of hydrogen-bond acceptors (Lipinski definition) is 2. The van der Waals surface area contributed by atoms with Crippen LogP contribution in [0.1, 0.15) is 64.7 Å². The lowest BCUT2D eigenvalue weighted by Gasteiger charge is -2.38. The standard InChI is InChI=1S/C17H29NO3/c1-3-12-8-10-13(11-9-12)18(2)16(19)14-6-4-5-7-15(14)17(20)21/h12-15H,3-11H2,1-2H3,(H,20,21)/t12?,13?,14-,15+/m1/s1. The highest BCUT2D eigenvalue weighted by atomic mass is 16.4. The van der Waals surface area contributed by atoms with Crippen LogP contribution >= 0.6 is 0 Å². The molecule has 2 fully saturated rings. The lowest BCUT2D eigenvalue weighted by atomic mass is 9.77. The van der Waals surface area contributed by atoms with Crippen molar-refractivity contribution in [2.24, 2.45) is 17.8 Å². The predicted octanol–water partition coefficient (Wildman–Crippen LogP) is 3.30. The fourth-order valence-electron chi connectivity index (χ4n) is 4.10. The smallest absolute Gasteiger partial charge is 0.307 e. The normalized spacial score (nSPS) is 33.4. The average molecular weight is 295 g/mol. The van der Waals surface area contributed by atoms with Crippen molar-refractivity contribution in [1.29, 1.82) is 0 Å². The van der Waals surface area contributed by atoms with Crippen LogP contribution in [0.4, 0.5) is 0 Å². The zero-order valence-electron chi connectivity index (χ0n) is 13.4. The monoisotopic (exact) mass is 295 g/mol. The zero-order chi connectivity index (χ0) is 15.4. The topological polar surface area (TPSA) is 57.6 Å². The van der Waals surface area contributed by atoms with E-state index in [1.807, 2.05) is 11.9 Å². The lowest BCUT2D eigenvalue weighted by Crippen LogP contribution is -2.46. The molecule has 1 N–H and O–H groups in total. The summed E-state index contributed by atoms with van der Waals surface area (Å²) in [4.78, 5) is 26.0. The third-order valence-corrected chi connectivity index (χ3v) is 5.69. The summed E-state index contributed by atoms with van der Waals surface area (Å²) in [6, 6.07) is 0.316. The fraction of sp³-hybridized carbons (Fsp3) is 0.882. The minimum atomic E-state index is -0.795. The van der Waals surface area contributed by atoms with Crippen LogP contribution < -0.4 is 0 Å². The van der Waals surface area contributed by atoms with E-state index in [2.05, 4.69) is 6.92 Å². The van der Waals surface area contributed by atoms with Crippen molar-refractivity contribution < 1.29 is 14.7 Å². The molecular weight excluding hydrogens is 266 g/mol. The maximum absolute atomic E-state index is 12.7. The molecule has 0 unspecified atom stereocenters. The molecule has 2 saturated carbocycles. The molecule has 0 radical (unpaired) electrons. The van der Waals surface area contributed by atoms with Crippen molar-refractivity contribution in [3.8, 4) is 0 Å². The Hall–Kier alpha value is -1.06. The Balaban J connectivity index is 1.96. The number of aliphatic carboxylic acids is 1. The molecule has 2 atom stereocenters. The first-order chi connectivity index (χ1) is 10.0. The quantitative estimate of drug-likeness (QED) is 0.865. The Morgan fingerprint density at radius 2 is 1.57 bits per heavy atom. The molecule has 0 aromatic rings. The molecule has 2 rings (SSSR count). The summed E-state index contributed by atoms with van der Waals surface area (Å²) in [7, 11) is 1.88. The SMILES string of the molecule is CCC1CCC(N(C)C(=O)[C@@H]2CCCC[C@@H]2C(=O)O)CC1. The first-order valence-electron chi connectivity index (χ1n) is 8.54. The largest absolute Gasteiger partial charge is 0.481 e. The highest BCUT2D eigenvalue weighted by Gasteiger charge is 2.38. The number of carbonyl (C=O) groups is 2. The molecule has 0 aromatic heterocycles. The molecular formula is C17H29NO3. The maximum Gasteiger partial charge on any atom is 0.307 e. The third kappa shape index (κ3) is 3.78. The van der Waals surface area contributed by atoms with E-state index < -0.39 is 11.9 Å². The number of carboxylic acid groups (broad SMARTS) is 1. The van der Waals surface area contributed by atoms with Crippen LogP contribution in [0.3, 0.4) is 0 Å². The second-order valence-electron chi connectivity index (χ2n) is 6.87. The zero-order valence-corrected chi connectivity index (χ0v) is 13.4. The molecule has 2 aliphatic rings. The van der Waals surface area contributed by atoms with Gasteiger partial charge in [-0.3, -0.25) is 9.59 Å². The van der Waals surface area contributed by atoms with Crippen molar-refractivity contribution in [3.05, 3.63) is 0 Å². The second kappa shape index (κ2) is 7.28. The van der Waals surface area contributed by atoms with Gasteiger partial charge in [0.05, 0.1) is 11.8 Å². The van der Waals surface area contributed by atoms with Gasteiger partial charge in [-0.1, -0.05) is 26.2 Å².